The van der Waals surface area contributed by atoms with Gasteiger partial charge in [0.05, 0.1) is 12.3 Å². The fourth-order valence-electron chi connectivity index (χ4n) is 2.24. The van der Waals surface area contributed by atoms with Gasteiger partial charge in [0.25, 0.3) is 5.91 Å². The number of pyridine rings is 1. The fourth-order valence-corrected chi connectivity index (χ4v) is 2.24. The Morgan fingerprint density at radius 2 is 2.10 bits per heavy atom. The highest BCUT2D eigenvalue weighted by atomic mass is 16.5. The number of carbonyl (C=O) groups excluding carboxylic acids is 1. The van der Waals surface area contributed by atoms with Gasteiger partial charge in [-0.2, -0.15) is 0 Å². The summed E-state index contributed by atoms with van der Waals surface area (Å²) in [5, 5.41) is 3.00. The monoisotopic (exact) mass is 289 g/mol. The minimum atomic E-state index is -0.288. The molecule has 0 unspecified atom stereocenters. The van der Waals surface area contributed by atoms with Crippen LogP contribution in [-0.4, -0.2) is 27.4 Å². The summed E-state index contributed by atoms with van der Waals surface area (Å²) < 4.78 is 7.41. The van der Waals surface area contributed by atoms with E-state index in [0.717, 1.165) is 5.69 Å². The van der Waals surface area contributed by atoms with Crippen LogP contribution < -0.4 is 10.1 Å². The molecule has 5 nitrogen and oxygen atoms in total. The summed E-state index contributed by atoms with van der Waals surface area (Å²) in [6.45, 7) is 10.4. The number of nitrogens with one attached hydrogen (secondary N) is 1. The van der Waals surface area contributed by atoms with E-state index in [2.05, 4.69) is 10.3 Å². The molecule has 114 valence electrons. The lowest BCUT2D eigenvalue weighted by Gasteiger charge is -2.20. The lowest BCUT2D eigenvalue weighted by Crippen LogP contribution is -2.41. The van der Waals surface area contributed by atoms with Crippen LogP contribution in [0.25, 0.3) is 5.65 Å². The number of fused-ring (bicyclic) bond motifs is 1. The number of hydrogen-bond acceptors (Lipinski definition) is 3. The number of ether oxygens (including phenoxy) is 1. The van der Waals surface area contributed by atoms with E-state index in [9.17, 15) is 4.79 Å². The van der Waals surface area contributed by atoms with Crippen molar-refractivity contribution in [2.45, 2.75) is 46.6 Å². The van der Waals surface area contributed by atoms with Crippen molar-refractivity contribution in [2.24, 2.45) is 0 Å². The standard InChI is InChI=1S/C16H23N3O2/c1-6-11-13(15(20)18-16(3,4)5)19-10-8-9-12(21-7-2)14(19)17-11/h8-10H,6-7H2,1-5H3,(H,18,20). The van der Waals surface area contributed by atoms with Crippen molar-refractivity contribution in [1.29, 1.82) is 0 Å². The van der Waals surface area contributed by atoms with Gasteiger partial charge in [-0.05, 0) is 46.2 Å². The third-order valence-electron chi connectivity index (χ3n) is 3.02. The van der Waals surface area contributed by atoms with Crippen molar-refractivity contribution in [1.82, 2.24) is 14.7 Å². The molecule has 2 rings (SSSR count). The summed E-state index contributed by atoms with van der Waals surface area (Å²) in [7, 11) is 0. The highest BCUT2D eigenvalue weighted by Gasteiger charge is 2.23. The number of aryl methyl sites for hydroxylation is 1. The Labute approximate surface area is 125 Å². The Bertz CT molecular complexity index is 653. The molecule has 1 amide bonds. The second kappa shape index (κ2) is 5.76. The summed E-state index contributed by atoms with van der Waals surface area (Å²) in [5.41, 5.74) is 1.77. The molecule has 0 aromatic carbocycles. The first-order valence-corrected chi connectivity index (χ1v) is 7.32. The molecule has 0 aliphatic rings. The average Bonchev–Trinajstić information content (AvgIpc) is 2.76. The lowest BCUT2D eigenvalue weighted by atomic mass is 10.1. The van der Waals surface area contributed by atoms with Crippen molar-refractivity contribution in [3.63, 3.8) is 0 Å². The number of carbonyl (C=O) groups is 1. The Morgan fingerprint density at radius 3 is 2.67 bits per heavy atom. The van der Waals surface area contributed by atoms with Crippen molar-refractivity contribution in [2.75, 3.05) is 6.61 Å². The Balaban J connectivity index is 2.57. The maximum absolute atomic E-state index is 12.6. The van der Waals surface area contributed by atoms with Gasteiger partial charge in [0, 0.05) is 11.7 Å². The van der Waals surface area contributed by atoms with Crippen molar-refractivity contribution >= 4 is 11.6 Å². The van der Waals surface area contributed by atoms with E-state index in [1.165, 1.54) is 0 Å². The second-order valence-corrected chi connectivity index (χ2v) is 5.96. The summed E-state index contributed by atoms with van der Waals surface area (Å²) in [6, 6.07) is 3.74. The zero-order chi connectivity index (χ0) is 15.6. The molecule has 0 saturated carbocycles. The highest BCUT2D eigenvalue weighted by Crippen LogP contribution is 2.23. The zero-order valence-corrected chi connectivity index (χ0v) is 13.4. The van der Waals surface area contributed by atoms with Crippen LogP contribution in [0.5, 0.6) is 5.75 Å². The van der Waals surface area contributed by atoms with Gasteiger partial charge < -0.3 is 10.1 Å². The van der Waals surface area contributed by atoms with E-state index < -0.39 is 0 Å². The van der Waals surface area contributed by atoms with E-state index in [-0.39, 0.29) is 11.4 Å². The summed E-state index contributed by atoms with van der Waals surface area (Å²) >= 11 is 0. The van der Waals surface area contributed by atoms with E-state index in [1.54, 1.807) is 0 Å². The van der Waals surface area contributed by atoms with Crippen LogP contribution >= 0.6 is 0 Å². The highest BCUT2D eigenvalue weighted by molar-refractivity contribution is 5.95. The van der Waals surface area contributed by atoms with E-state index in [1.807, 2.05) is 57.3 Å². The average molecular weight is 289 g/mol. The number of aromatic nitrogens is 2. The molecule has 21 heavy (non-hydrogen) atoms. The van der Waals surface area contributed by atoms with Gasteiger partial charge in [-0.25, -0.2) is 4.98 Å². The predicted molar refractivity (Wildman–Crippen MR) is 83.0 cm³/mol. The molecule has 0 radical (unpaired) electrons. The second-order valence-electron chi connectivity index (χ2n) is 5.96. The molecule has 0 saturated heterocycles. The lowest BCUT2D eigenvalue weighted by molar-refractivity contribution is 0.0912. The summed E-state index contributed by atoms with van der Waals surface area (Å²) in [6.07, 6.45) is 2.54. The molecule has 0 spiro atoms. The minimum Gasteiger partial charge on any atom is -0.490 e. The van der Waals surface area contributed by atoms with Crippen LogP contribution in [0.4, 0.5) is 0 Å². The third-order valence-corrected chi connectivity index (χ3v) is 3.02. The normalized spacial score (nSPS) is 11.7. The van der Waals surface area contributed by atoms with Gasteiger partial charge in [-0.1, -0.05) is 6.92 Å². The molecule has 5 heteroatoms. The molecular formula is C16H23N3O2. The zero-order valence-electron chi connectivity index (χ0n) is 13.4. The molecule has 2 aromatic rings. The first-order chi connectivity index (χ1) is 9.87. The van der Waals surface area contributed by atoms with Crippen LogP contribution in [0.1, 0.15) is 50.8 Å². The van der Waals surface area contributed by atoms with Crippen LogP contribution in [0, 0.1) is 0 Å². The molecule has 2 heterocycles. The smallest absolute Gasteiger partial charge is 0.270 e. The number of amides is 1. The number of hydrogen-bond donors (Lipinski definition) is 1. The Kier molecular flexibility index (Phi) is 4.21. The SMILES string of the molecule is CCOc1cccn2c(C(=O)NC(C)(C)C)c(CC)nc12. The van der Waals surface area contributed by atoms with E-state index >= 15 is 0 Å². The van der Waals surface area contributed by atoms with Crippen molar-refractivity contribution in [3.8, 4) is 5.75 Å². The maximum Gasteiger partial charge on any atom is 0.270 e. The molecule has 1 N–H and O–H groups in total. The molecule has 0 bridgehead atoms. The maximum atomic E-state index is 12.6. The van der Waals surface area contributed by atoms with Crippen LogP contribution in [-0.2, 0) is 6.42 Å². The van der Waals surface area contributed by atoms with Crippen LogP contribution in [0.15, 0.2) is 18.3 Å². The summed E-state index contributed by atoms with van der Waals surface area (Å²) in [4.78, 5) is 17.1. The van der Waals surface area contributed by atoms with Gasteiger partial charge in [0.15, 0.2) is 11.4 Å². The van der Waals surface area contributed by atoms with Gasteiger partial charge >= 0.3 is 0 Å². The van der Waals surface area contributed by atoms with E-state index in [4.69, 9.17) is 4.74 Å². The summed E-state index contributed by atoms with van der Waals surface area (Å²) in [5.74, 6) is 0.588. The Morgan fingerprint density at radius 1 is 1.38 bits per heavy atom. The van der Waals surface area contributed by atoms with Crippen molar-refractivity contribution in [3.05, 3.63) is 29.7 Å². The van der Waals surface area contributed by atoms with E-state index in [0.29, 0.717) is 30.1 Å². The van der Waals surface area contributed by atoms with Crippen LogP contribution in [0.2, 0.25) is 0 Å². The quantitative estimate of drug-likeness (QED) is 0.941. The fraction of sp³-hybridized carbons (Fsp3) is 0.500. The van der Waals surface area contributed by atoms with Gasteiger partial charge in [-0.3, -0.25) is 9.20 Å². The number of imidazole rings is 1. The van der Waals surface area contributed by atoms with Crippen molar-refractivity contribution < 1.29 is 9.53 Å². The largest absolute Gasteiger partial charge is 0.490 e. The first-order valence-electron chi connectivity index (χ1n) is 7.32. The minimum absolute atomic E-state index is 0.111. The van der Waals surface area contributed by atoms with Gasteiger partial charge in [0.1, 0.15) is 5.69 Å². The first kappa shape index (κ1) is 15.4. The molecule has 2 aromatic heterocycles. The third kappa shape index (κ3) is 3.17. The number of nitrogens with zero attached hydrogens (tertiary/aromatic N) is 2. The predicted octanol–water partition coefficient (Wildman–Crippen LogP) is 2.82. The molecule has 0 atom stereocenters. The molecule has 0 aliphatic carbocycles. The number of rotatable bonds is 4. The molecule has 0 fully saturated rings. The Hall–Kier alpha value is -2.04. The molecular weight excluding hydrogens is 266 g/mol. The van der Waals surface area contributed by atoms with Crippen LogP contribution in [0.3, 0.4) is 0 Å². The molecule has 0 aliphatic heterocycles. The topological polar surface area (TPSA) is 55.6 Å². The van der Waals surface area contributed by atoms with Gasteiger partial charge in [0.2, 0.25) is 0 Å². The van der Waals surface area contributed by atoms with Gasteiger partial charge in [-0.15, -0.1) is 0 Å².